The number of carbonyl (C=O) groups is 1. The number of benzene rings is 1. The Balaban J connectivity index is 0.00000200. The number of aromatic nitrogens is 1. The van der Waals surface area contributed by atoms with E-state index in [1.807, 2.05) is 0 Å². The predicted molar refractivity (Wildman–Crippen MR) is 78.9 cm³/mol. The van der Waals surface area contributed by atoms with Crippen LogP contribution in [0.1, 0.15) is 15.9 Å². The second-order valence-corrected chi connectivity index (χ2v) is 4.42. The largest absolute Gasteiger partial charge is 0.352 e. The summed E-state index contributed by atoms with van der Waals surface area (Å²) in [5.74, 6) is -0.546. The molecule has 1 aromatic heterocycles. The monoisotopic (exact) mass is 314 g/mol. The van der Waals surface area contributed by atoms with E-state index in [0.717, 1.165) is 0 Å². The van der Waals surface area contributed by atoms with Gasteiger partial charge in [0.15, 0.2) is 0 Å². The SMILES string of the molecule is Cl.O=C(NCCc1cc(Cl)ccc1F)c1cccnc1. The maximum atomic E-state index is 13.4. The average Bonchev–Trinajstić information content (AvgIpc) is 2.43. The quantitative estimate of drug-likeness (QED) is 0.941. The Kier molecular flexibility index (Phi) is 6.42. The number of amides is 1. The van der Waals surface area contributed by atoms with Crippen molar-refractivity contribution >= 4 is 29.9 Å². The maximum Gasteiger partial charge on any atom is 0.252 e. The number of carbonyl (C=O) groups excluding carboxylic acids is 1. The number of nitrogens with zero attached hydrogens (tertiary/aromatic N) is 1. The van der Waals surface area contributed by atoms with E-state index < -0.39 is 0 Å². The van der Waals surface area contributed by atoms with Crippen LogP contribution in [0.3, 0.4) is 0 Å². The number of pyridine rings is 1. The van der Waals surface area contributed by atoms with Crippen molar-refractivity contribution in [3.8, 4) is 0 Å². The predicted octanol–water partition coefficient (Wildman–Crippen LogP) is 3.27. The summed E-state index contributed by atoms with van der Waals surface area (Å²) in [6.07, 6.45) is 3.46. The number of hydrogen-bond donors (Lipinski definition) is 1. The lowest BCUT2D eigenvalue weighted by Gasteiger charge is -2.06. The van der Waals surface area contributed by atoms with Crippen LogP contribution in [0.5, 0.6) is 0 Å². The van der Waals surface area contributed by atoms with Crippen LogP contribution >= 0.6 is 24.0 Å². The second kappa shape index (κ2) is 7.82. The summed E-state index contributed by atoms with van der Waals surface area (Å²) in [5, 5.41) is 3.19. The molecular formula is C14H13Cl2FN2O. The molecule has 0 fully saturated rings. The Hall–Kier alpha value is -1.65. The average molecular weight is 315 g/mol. The molecule has 6 heteroatoms. The van der Waals surface area contributed by atoms with Crippen LogP contribution < -0.4 is 5.32 Å². The second-order valence-electron chi connectivity index (χ2n) is 3.98. The van der Waals surface area contributed by atoms with Gasteiger partial charge in [-0.15, -0.1) is 12.4 Å². The van der Waals surface area contributed by atoms with Crippen LogP contribution in [0, 0.1) is 5.82 Å². The van der Waals surface area contributed by atoms with Gasteiger partial charge in [-0.1, -0.05) is 11.6 Å². The van der Waals surface area contributed by atoms with Gasteiger partial charge in [0.1, 0.15) is 5.82 Å². The van der Waals surface area contributed by atoms with Gasteiger partial charge in [0, 0.05) is 24.0 Å². The molecule has 0 bridgehead atoms. The summed E-state index contributed by atoms with van der Waals surface area (Å²) >= 11 is 5.79. The molecule has 1 heterocycles. The third-order valence-electron chi connectivity index (χ3n) is 2.61. The third kappa shape index (κ3) is 4.47. The third-order valence-corrected chi connectivity index (χ3v) is 2.85. The Morgan fingerprint density at radius 2 is 2.15 bits per heavy atom. The van der Waals surface area contributed by atoms with Gasteiger partial charge in [-0.2, -0.15) is 0 Å². The van der Waals surface area contributed by atoms with Gasteiger partial charge in [0.2, 0.25) is 0 Å². The van der Waals surface area contributed by atoms with Crippen molar-refractivity contribution < 1.29 is 9.18 Å². The molecule has 0 saturated carbocycles. The zero-order chi connectivity index (χ0) is 13.7. The molecule has 0 saturated heterocycles. The van der Waals surface area contributed by atoms with Gasteiger partial charge in [-0.25, -0.2) is 4.39 Å². The minimum absolute atomic E-state index is 0. The zero-order valence-electron chi connectivity index (χ0n) is 10.5. The molecule has 1 amide bonds. The molecule has 0 aliphatic carbocycles. The summed E-state index contributed by atoms with van der Waals surface area (Å²) in [6.45, 7) is 0.338. The molecule has 0 atom stereocenters. The molecule has 2 rings (SSSR count). The highest BCUT2D eigenvalue weighted by molar-refractivity contribution is 6.30. The highest BCUT2D eigenvalue weighted by Crippen LogP contribution is 2.15. The molecule has 106 valence electrons. The van der Waals surface area contributed by atoms with Crippen molar-refractivity contribution in [2.45, 2.75) is 6.42 Å². The molecule has 0 spiro atoms. The Bertz CT molecular complexity index is 579. The molecule has 1 N–H and O–H groups in total. The molecule has 2 aromatic rings. The smallest absolute Gasteiger partial charge is 0.252 e. The van der Waals surface area contributed by atoms with Crippen LogP contribution in [0.25, 0.3) is 0 Å². The van der Waals surface area contributed by atoms with Gasteiger partial charge in [0.05, 0.1) is 5.56 Å². The number of rotatable bonds is 4. The standard InChI is InChI=1S/C14H12ClFN2O.ClH/c15-12-3-4-13(16)10(8-12)5-7-18-14(19)11-2-1-6-17-9-11;/h1-4,6,8-9H,5,7H2,(H,18,19);1H. The van der Waals surface area contributed by atoms with Gasteiger partial charge in [-0.05, 0) is 42.3 Å². The van der Waals surface area contributed by atoms with E-state index in [1.54, 1.807) is 24.4 Å². The molecule has 3 nitrogen and oxygen atoms in total. The Labute approximate surface area is 127 Å². The Morgan fingerprint density at radius 1 is 1.35 bits per heavy atom. The first-order valence-electron chi connectivity index (χ1n) is 5.79. The highest BCUT2D eigenvalue weighted by atomic mass is 35.5. The van der Waals surface area contributed by atoms with E-state index >= 15 is 0 Å². The van der Waals surface area contributed by atoms with Crippen molar-refractivity contribution in [2.75, 3.05) is 6.54 Å². The molecule has 0 aliphatic rings. The van der Waals surface area contributed by atoms with Crippen molar-refractivity contribution in [3.63, 3.8) is 0 Å². The summed E-state index contributed by atoms with van der Waals surface area (Å²) in [5.41, 5.74) is 0.966. The maximum absolute atomic E-state index is 13.4. The van der Waals surface area contributed by atoms with Crippen LogP contribution in [0.4, 0.5) is 4.39 Å². The fourth-order valence-corrected chi connectivity index (χ4v) is 1.84. The normalized spacial score (nSPS) is 9.70. The molecule has 0 aliphatic heterocycles. The van der Waals surface area contributed by atoms with Crippen LogP contribution in [0.2, 0.25) is 5.02 Å². The lowest BCUT2D eigenvalue weighted by Crippen LogP contribution is -2.25. The van der Waals surface area contributed by atoms with E-state index in [-0.39, 0.29) is 24.1 Å². The minimum Gasteiger partial charge on any atom is -0.352 e. The van der Waals surface area contributed by atoms with Gasteiger partial charge < -0.3 is 5.32 Å². The minimum atomic E-state index is -0.319. The van der Waals surface area contributed by atoms with Crippen molar-refractivity contribution in [1.29, 1.82) is 0 Å². The molecular weight excluding hydrogens is 302 g/mol. The summed E-state index contributed by atoms with van der Waals surface area (Å²) < 4.78 is 13.4. The van der Waals surface area contributed by atoms with Gasteiger partial charge in [-0.3, -0.25) is 9.78 Å². The lowest BCUT2D eigenvalue weighted by atomic mass is 10.1. The fraction of sp³-hybridized carbons (Fsp3) is 0.143. The Morgan fingerprint density at radius 3 is 2.85 bits per heavy atom. The van der Waals surface area contributed by atoms with E-state index in [2.05, 4.69) is 10.3 Å². The topological polar surface area (TPSA) is 42.0 Å². The number of hydrogen-bond acceptors (Lipinski definition) is 2. The summed E-state index contributed by atoms with van der Waals surface area (Å²) in [6, 6.07) is 7.73. The lowest BCUT2D eigenvalue weighted by molar-refractivity contribution is 0.0953. The number of nitrogens with one attached hydrogen (secondary N) is 1. The fourth-order valence-electron chi connectivity index (χ4n) is 1.64. The van der Waals surface area contributed by atoms with Crippen molar-refractivity contribution in [1.82, 2.24) is 10.3 Å². The number of halogens is 3. The first-order chi connectivity index (χ1) is 9.16. The highest BCUT2D eigenvalue weighted by Gasteiger charge is 2.06. The van der Waals surface area contributed by atoms with Crippen molar-refractivity contribution in [2.24, 2.45) is 0 Å². The van der Waals surface area contributed by atoms with E-state index in [0.29, 0.717) is 29.1 Å². The van der Waals surface area contributed by atoms with E-state index in [1.165, 1.54) is 18.3 Å². The van der Waals surface area contributed by atoms with Crippen LogP contribution in [-0.2, 0) is 6.42 Å². The van der Waals surface area contributed by atoms with E-state index in [4.69, 9.17) is 11.6 Å². The van der Waals surface area contributed by atoms with Crippen LogP contribution in [-0.4, -0.2) is 17.4 Å². The van der Waals surface area contributed by atoms with Gasteiger partial charge in [0.25, 0.3) is 5.91 Å². The first-order valence-corrected chi connectivity index (χ1v) is 6.17. The molecule has 0 unspecified atom stereocenters. The summed E-state index contributed by atoms with van der Waals surface area (Å²) in [7, 11) is 0. The molecule has 20 heavy (non-hydrogen) atoms. The zero-order valence-corrected chi connectivity index (χ0v) is 12.0. The molecule has 0 radical (unpaired) electrons. The first kappa shape index (κ1) is 16.4. The summed E-state index contributed by atoms with van der Waals surface area (Å²) in [4.78, 5) is 15.6. The van der Waals surface area contributed by atoms with Crippen molar-refractivity contribution in [3.05, 3.63) is 64.7 Å². The van der Waals surface area contributed by atoms with Gasteiger partial charge >= 0.3 is 0 Å². The van der Waals surface area contributed by atoms with E-state index in [9.17, 15) is 9.18 Å². The molecule has 1 aromatic carbocycles. The van der Waals surface area contributed by atoms with Crippen LogP contribution in [0.15, 0.2) is 42.7 Å².